The smallest absolute Gasteiger partial charge is 0.319 e. The average Bonchev–Trinajstić information content (AvgIpc) is 3.31. The Labute approximate surface area is 184 Å². The van der Waals surface area contributed by atoms with Crippen LogP contribution in [0.2, 0.25) is 0 Å². The molecule has 1 aromatic carbocycles. The number of rotatable bonds is 9. The third kappa shape index (κ3) is 5.74. The molecule has 6 nitrogen and oxygen atoms in total. The number of anilines is 2. The number of hydrogen-bond donors (Lipinski definition) is 2. The molecule has 1 unspecified atom stereocenters. The first-order valence-electron chi connectivity index (χ1n) is 11.0. The number of carbonyl (C=O) groups is 1. The van der Waals surface area contributed by atoms with Crippen molar-refractivity contribution in [2.24, 2.45) is 0 Å². The van der Waals surface area contributed by atoms with E-state index in [9.17, 15) is 4.79 Å². The zero-order valence-electron chi connectivity index (χ0n) is 18.4. The first-order valence-corrected chi connectivity index (χ1v) is 12.0. The minimum Gasteiger partial charge on any atom is -0.367 e. The number of urea groups is 1. The lowest BCUT2D eigenvalue weighted by atomic mass is 10.1. The van der Waals surface area contributed by atoms with E-state index in [1.807, 2.05) is 18.2 Å². The summed E-state index contributed by atoms with van der Waals surface area (Å²) < 4.78 is 0. The van der Waals surface area contributed by atoms with Crippen LogP contribution in [0.5, 0.6) is 0 Å². The van der Waals surface area contributed by atoms with Crippen molar-refractivity contribution in [3.63, 3.8) is 0 Å². The molecule has 2 heterocycles. The molecule has 1 aliphatic heterocycles. The SMILES string of the molecule is CCN1CCN(c2ccccc2NC(=O)NCC(c2ccsc2)N(CC)CC)CC1. The van der Waals surface area contributed by atoms with Gasteiger partial charge in [-0.2, -0.15) is 11.3 Å². The van der Waals surface area contributed by atoms with Gasteiger partial charge in [0.15, 0.2) is 0 Å². The number of carbonyl (C=O) groups excluding carboxylic acids is 1. The predicted molar refractivity (Wildman–Crippen MR) is 128 cm³/mol. The maximum absolute atomic E-state index is 12.8. The van der Waals surface area contributed by atoms with Gasteiger partial charge in [-0.1, -0.05) is 32.9 Å². The van der Waals surface area contributed by atoms with Crippen LogP contribution in [0.25, 0.3) is 0 Å². The second kappa shape index (κ2) is 11.3. The molecule has 0 bridgehead atoms. The molecule has 1 atom stereocenters. The molecule has 3 rings (SSSR count). The molecule has 7 heteroatoms. The first kappa shape index (κ1) is 22.6. The van der Waals surface area contributed by atoms with Gasteiger partial charge in [0.05, 0.1) is 17.4 Å². The highest BCUT2D eigenvalue weighted by atomic mass is 32.1. The Hall–Kier alpha value is -2.09. The highest BCUT2D eigenvalue weighted by Gasteiger charge is 2.21. The van der Waals surface area contributed by atoms with Crippen LogP contribution < -0.4 is 15.5 Å². The first-order chi connectivity index (χ1) is 14.7. The summed E-state index contributed by atoms with van der Waals surface area (Å²) in [6.45, 7) is 14.2. The monoisotopic (exact) mass is 429 g/mol. The lowest BCUT2D eigenvalue weighted by Crippen LogP contribution is -2.46. The van der Waals surface area contributed by atoms with Gasteiger partial charge in [0.25, 0.3) is 0 Å². The van der Waals surface area contributed by atoms with Crippen LogP contribution in [0.15, 0.2) is 41.1 Å². The largest absolute Gasteiger partial charge is 0.367 e. The Balaban J connectivity index is 1.62. The van der Waals surface area contributed by atoms with Crippen molar-refractivity contribution < 1.29 is 4.79 Å². The number of benzene rings is 1. The van der Waals surface area contributed by atoms with Gasteiger partial charge < -0.3 is 20.4 Å². The molecule has 1 aromatic heterocycles. The summed E-state index contributed by atoms with van der Waals surface area (Å²) in [4.78, 5) is 20.0. The van der Waals surface area contributed by atoms with Gasteiger partial charge in [-0.3, -0.25) is 4.90 Å². The summed E-state index contributed by atoms with van der Waals surface area (Å²) >= 11 is 1.70. The Morgan fingerprint density at radius 2 is 1.83 bits per heavy atom. The predicted octanol–water partition coefficient (Wildman–Crippen LogP) is 4.09. The minimum atomic E-state index is -0.151. The van der Waals surface area contributed by atoms with Crippen molar-refractivity contribution in [1.82, 2.24) is 15.1 Å². The van der Waals surface area contributed by atoms with Crippen molar-refractivity contribution in [2.75, 3.05) is 62.6 Å². The molecule has 30 heavy (non-hydrogen) atoms. The molecule has 164 valence electrons. The number of hydrogen-bond acceptors (Lipinski definition) is 5. The van der Waals surface area contributed by atoms with Crippen LogP contribution in [-0.2, 0) is 0 Å². The molecule has 2 N–H and O–H groups in total. The quantitative estimate of drug-likeness (QED) is 0.630. The van der Waals surface area contributed by atoms with Crippen LogP contribution in [-0.4, -0.2) is 68.2 Å². The van der Waals surface area contributed by atoms with Crippen LogP contribution in [0.3, 0.4) is 0 Å². The summed E-state index contributed by atoms with van der Waals surface area (Å²) in [5.74, 6) is 0. The van der Waals surface area contributed by atoms with E-state index in [-0.39, 0.29) is 12.1 Å². The van der Waals surface area contributed by atoms with Gasteiger partial charge in [-0.25, -0.2) is 4.79 Å². The third-order valence-corrected chi connectivity index (χ3v) is 6.65. The number of amides is 2. The Morgan fingerprint density at radius 3 is 2.47 bits per heavy atom. The molecule has 1 aliphatic rings. The minimum absolute atomic E-state index is 0.151. The lowest BCUT2D eigenvalue weighted by Gasteiger charge is -2.36. The highest BCUT2D eigenvalue weighted by Crippen LogP contribution is 2.27. The molecular weight excluding hydrogens is 394 g/mol. The number of piperazine rings is 1. The summed E-state index contributed by atoms with van der Waals surface area (Å²) in [7, 11) is 0. The molecule has 1 saturated heterocycles. The van der Waals surface area contributed by atoms with Gasteiger partial charge in [0.1, 0.15) is 0 Å². The molecule has 0 spiro atoms. The van der Waals surface area contributed by atoms with E-state index in [2.05, 4.69) is 69.0 Å². The number of likely N-dealkylation sites (N-methyl/N-ethyl adjacent to an activating group) is 2. The number of nitrogens with zero attached hydrogens (tertiary/aromatic N) is 3. The second-order valence-corrected chi connectivity index (χ2v) is 8.35. The number of thiophene rings is 1. The molecule has 2 amide bonds. The summed E-state index contributed by atoms with van der Waals surface area (Å²) in [5.41, 5.74) is 3.23. The van der Waals surface area contributed by atoms with Crippen LogP contribution in [0, 0.1) is 0 Å². The van der Waals surface area contributed by atoms with E-state index in [1.165, 1.54) is 5.56 Å². The molecule has 1 fully saturated rings. The third-order valence-electron chi connectivity index (χ3n) is 5.95. The van der Waals surface area contributed by atoms with E-state index in [0.29, 0.717) is 6.54 Å². The highest BCUT2D eigenvalue weighted by molar-refractivity contribution is 7.07. The lowest BCUT2D eigenvalue weighted by molar-refractivity contribution is 0.210. The number of para-hydroxylation sites is 2. The van der Waals surface area contributed by atoms with Gasteiger partial charge >= 0.3 is 6.03 Å². The van der Waals surface area contributed by atoms with Crippen molar-refractivity contribution >= 4 is 28.7 Å². The van der Waals surface area contributed by atoms with Gasteiger partial charge in [-0.05, 0) is 54.2 Å². The Bertz CT molecular complexity index is 770. The average molecular weight is 430 g/mol. The van der Waals surface area contributed by atoms with Crippen molar-refractivity contribution in [3.05, 3.63) is 46.7 Å². The van der Waals surface area contributed by atoms with Crippen LogP contribution >= 0.6 is 11.3 Å². The zero-order chi connectivity index (χ0) is 21.3. The van der Waals surface area contributed by atoms with Gasteiger partial charge in [-0.15, -0.1) is 0 Å². The van der Waals surface area contributed by atoms with Gasteiger partial charge in [0.2, 0.25) is 0 Å². The van der Waals surface area contributed by atoms with Crippen molar-refractivity contribution in [1.29, 1.82) is 0 Å². The maximum Gasteiger partial charge on any atom is 0.319 e. The van der Waals surface area contributed by atoms with E-state index >= 15 is 0 Å². The molecule has 0 radical (unpaired) electrons. The fraction of sp³-hybridized carbons (Fsp3) is 0.522. The van der Waals surface area contributed by atoms with Crippen molar-refractivity contribution in [3.8, 4) is 0 Å². The van der Waals surface area contributed by atoms with E-state index in [4.69, 9.17) is 0 Å². The molecular formula is C23H35N5OS. The van der Waals surface area contributed by atoms with E-state index < -0.39 is 0 Å². The number of nitrogens with one attached hydrogen (secondary N) is 2. The fourth-order valence-corrected chi connectivity index (χ4v) is 4.81. The summed E-state index contributed by atoms with van der Waals surface area (Å²) in [6, 6.07) is 10.3. The normalized spacial score (nSPS) is 15.9. The maximum atomic E-state index is 12.8. The van der Waals surface area contributed by atoms with Crippen LogP contribution in [0.1, 0.15) is 32.4 Å². The standard InChI is InChI=1S/C23H35N5OS/c1-4-26-12-14-28(15-13-26)21-10-8-7-9-20(21)25-23(29)24-17-22(27(5-2)6-3)19-11-16-30-18-19/h7-11,16,18,22H,4-6,12-15,17H2,1-3H3,(H2,24,25,29). The van der Waals surface area contributed by atoms with Crippen molar-refractivity contribution in [2.45, 2.75) is 26.8 Å². The fourth-order valence-electron chi connectivity index (χ4n) is 4.10. The molecule has 0 saturated carbocycles. The summed E-state index contributed by atoms with van der Waals surface area (Å²) in [6.07, 6.45) is 0. The molecule has 0 aliphatic carbocycles. The van der Waals surface area contributed by atoms with Gasteiger partial charge in [0, 0.05) is 32.7 Å². The van der Waals surface area contributed by atoms with E-state index in [1.54, 1.807) is 11.3 Å². The summed E-state index contributed by atoms with van der Waals surface area (Å²) in [5, 5.41) is 10.5. The van der Waals surface area contributed by atoms with E-state index in [0.717, 1.165) is 57.2 Å². The molecule has 2 aromatic rings. The zero-order valence-corrected chi connectivity index (χ0v) is 19.3. The Morgan fingerprint density at radius 1 is 1.10 bits per heavy atom. The Kier molecular flexibility index (Phi) is 8.54. The topological polar surface area (TPSA) is 50.9 Å². The van der Waals surface area contributed by atoms with Crippen LogP contribution in [0.4, 0.5) is 16.2 Å². The second-order valence-electron chi connectivity index (χ2n) is 7.57.